The van der Waals surface area contributed by atoms with Crippen molar-refractivity contribution in [2.45, 2.75) is 56.7 Å². The molecule has 1 aliphatic carbocycles. The van der Waals surface area contributed by atoms with Crippen LogP contribution in [0.25, 0.3) is 0 Å². The SMILES string of the molecule is O=C(c1ccc(NC2CCC(Oc3cncc(N4CCN(Cc5ccc(C(F)(F)F)cc5)CC4)c3)CC2)cc1)C(F)(F)F. The van der Waals surface area contributed by atoms with Gasteiger partial charge in [-0.25, -0.2) is 0 Å². The number of carbonyl (C=O) groups is 1. The Balaban J connectivity index is 1.06. The molecule has 6 nitrogen and oxygen atoms in total. The van der Waals surface area contributed by atoms with Gasteiger partial charge in [0.25, 0.3) is 5.78 Å². The van der Waals surface area contributed by atoms with Crippen LogP contribution in [0.4, 0.5) is 37.7 Å². The average Bonchev–Trinajstić information content (AvgIpc) is 2.98. The van der Waals surface area contributed by atoms with E-state index in [1.54, 1.807) is 12.4 Å². The van der Waals surface area contributed by atoms with Crippen molar-refractivity contribution in [3.63, 3.8) is 0 Å². The van der Waals surface area contributed by atoms with Crippen LogP contribution < -0.4 is 15.0 Å². The van der Waals surface area contributed by atoms with Gasteiger partial charge in [0, 0.05) is 56.1 Å². The van der Waals surface area contributed by atoms with Gasteiger partial charge in [-0.05, 0) is 67.6 Å². The highest BCUT2D eigenvalue weighted by Crippen LogP contribution is 2.31. The zero-order chi connectivity index (χ0) is 30.6. The molecule has 2 aliphatic rings. The first-order chi connectivity index (χ1) is 20.4. The number of hydrogen-bond donors (Lipinski definition) is 1. The molecule has 1 aliphatic heterocycles. The number of anilines is 2. The third-order valence-electron chi connectivity index (χ3n) is 7.88. The molecule has 2 aromatic carbocycles. The van der Waals surface area contributed by atoms with Crippen molar-refractivity contribution in [3.05, 3.63) is 83.7 Å². The molecule has 0 bridgehead atoms. The molecule has 3 aromatic rings. The highest BCUT2D eigenvalue weighted by molar-refractivity contribution is 6.00. The normalized spacial score (nSPS) is 20.1. The molecule has 1 N–H and O–H groups in total. The van der Waals surface area contributed by atoms with E-state index < -0.39 is 23.7 Å². The Hall–Kier alpha value is -3.80. The molecule has 43 heavy (non-hydrogen) atoms. The second-order valence-corrected chi connectivity index (χ2v) is 11.0. The van der Waals surface area contributed by atoms with Crippen LogP contribution in [0.15, 0.2) is 67.0 Å². The van der Waals surface area contributed by atoms with Crippen molar-refractivity contribution in [3.8, 4) is 5.75 Å². The summed E-state index contributed by atoms with van der Waals surface area (Å²) in [6, 6.07) is 12.8. The summed E-state index contributed by atoms with van der Waals surface area (Å²) in [6.45, 7) is 3.64. The number of ketones is 1. The summed E-state index contributed by atoms with van der Waals surface area (Å²) in [5, 5.41) is 3.33. The van der Waals surface area contributed by atoms with Crippen LogP contribution in [0, 0.1) is 0 Å². The van der Waals surface area contributed by atoms with Gasteiger partial charge < -0.3 is 15.0 Å². The maximum absolute atomic E-state index is 12.8. The van der Waals surface area contributed by atoms with E-state index in [0.29, 0.717) is 18.0 Å². The van der Waals surface area contributed by atoms with Crippen LogP contribution in [0.1, 0.15) is 47.2 Å². The summed E-state index contributed by atoms with van der Waals surface area (Å²) in [7, 11) is 0. The van der Waals surface area contributed by atoms with Gasteiger partial charge in [-0.3, -0.25) is 14.7 Å². The van der Waals surface area contributed by atoms with Gasteiger partial charge in [-0.2, -0.15) is 26.3 Å². The van der Waals surface area contributed by atoms with Crippen LogP contribution in [0.3, 0.4) is 0 Å². The Labute approximate surface area is 245 Å². The molecule has 0 amide bonds. The lowest BCUT2D eigenvalue weighted by atomic mass is 9.92. The summed E-state index contributed by atoms with van der Waals surface area (Å²) in [5.41, 5.74) is 1.44. The number of piperazine rings is 1. The van der Waals surface area contributed by atoms with Crippen molar-refractivity contribution in [1.82, 2.24) is 9.88 Å². The first-order valence-electron chi connectivity index (χ1n) is 14.2. The van der Waals surface area contributed by atoms with E-state index in [4.69, 9.17) is 4.74 Å². The highest BCUT2D eigenvalue weighted by Gasteiger charge is 2.39. The number of rotatable bonds is 8. The van der Waals surface area contributed by atoms with Gasteiger partial charge in [0.15, 0.2) is 0 Å². The number of halogens is 6. The van der Waals surface area contributed by atoms with E-state index in [9.17, 15) is 31.1 Å². The molecule has 1 aromatic heterocycles. The number of nitrogens with zero attached hydrogens (tertiary/aromatic N) is 3. The zero-order valence-corrected chi connectivity index (χ0v) is 23.3. The Bertz CT molecular complexity index is 1360. The fourth-order valence-electron chi connectivity index (χ4n) is 5.50. The lowest BCUT2D eigenvalue weighted by Crippen LogP contribution is -2.46. The minimum Gasteiger partial charge on any atom is -0.489 e. The molecular weight excluding hydrogens is 574 g/mol. The summed E-state index contributed by atoms with van der Waals surface area (Å²) in [5.74, 6) is -1.17. The number of nitrogens with one attached hydrogen (secondary N) is 1. The third-order valence-corrected chi connectivity index (χ3v) is 7.88. The molecule has 0 radical (unpaired) electrons. The number of carbonyl (C=O) groups excluding carboxylic acids is 1. The van der Waals surface area contributed by atoms with E-state index in [0.717, 1.165) is 75.2 Å². The zero-order valence-electron chi connectivity index (χ0n) is 23.3. The quantitative estimate of drug-likeness (QED) is 0.221. The van der Waals surface area contributed by atoms with E-state index in [2.05, 4.69) is 20.1 Å². The van der Waals surface area contributed by atoms with Crippen molar-refractivity contribution < 1.29 is 35.9 Å². The number of pyridine rings is 1. The lowest BCUT2D eigenvalue weighted by Gasteiger charge is -2.36. The van der Waals surface area contributed by atoms with Gasteiger partial charge in [0.1, 0.15) is 5.75 Å². The number of aromatic nitrogens is 1. The molecule has 0 unspecified atom stereocenters. The lowest BCUT2D eigenvalue weighted by molar-refractivity contribution is -0.137. The highest BCUT2D eigenvalue weighted by atomic mass is 19.4. The minimum atomic E-state index is -4.89. The molecule has 0 atom stereocenters. The van der Waals surface area contributed by atoms with E-state index in [1.165, 1.54) is 36.4 Å². The molecule has 2 fully saturated rings. The smallest absolute Gasteiger partial charge is 0.454 e. The van der Waals surface area contributed by atoms with Crippen LogP contribution in [-0.2, 0) is 12.7 Å². The second-order valence-electron chi connectivity index (χ2n) is 11.0. The number of benzene rings is 2. The molecular formula is C31H32F6N4O2. The average molecular weight is 607 g/mol. The van der Waals surface area contributed by atoms with Crippen molar-refractivity contribution in [2.75, 3.05) is 36.4 Å². The fraction of sp³-hybridized carbons (Fsp3) is 0.419. The maximum atomic E-state index is 12.8. The summed E-state index contributed by atoms with van der Waals surface area (Å²) < 4.78 is 82.6. The molecule has 12 heteroatoms. The second kappa shape index (κ2) is 12.8. The number of hydrogen-bond acceptors (Lipinski definition) is 6. The molecule has 1 saturated carbocycles. The van der Waals surface area contributed by atoms with E-state index >= 15 is 0 Å². The Kier molecular flexibility index (Phi) is 9.14. The summed E-state index contributed by atoms with van der Waals surface area (Å²) >= 11 is 0. The van der Waals surface area contributed by atoms with Gasteiger partial charge in [0.05, 0.1) is 29.7 Å². The fourth-order valence-corrected chi connectivity index (χ4v) is 5.50. The molecule has 0 spiro atoms. The van der Waals surface area contributed by atoms with E-state index in [-0.39, 0.29) is 17.7 Å². The number of alkyl halides is 6. The molecule has 1 saturated heterocycles. The Morgan fingerprint density at radius 2 is 1.51 bits per heavy atom. The first-order valence-corrected chi connectivity index (χ1v) is 14.2. The van der Waals surface area contributed by atoms with Crippen LogP contribution in [0.2, 0.25) is 0 Å². The molecule has 2 heterocycles. The summed E-state index contributed by atoms with van der Waals surface area (Å²) in [6.07, 6.45) is -2.47. The van der Waals surface area contributed by atoms with Crippen molar-refractivity contribution >= 4 is 17.2 Å². The third kappa shape index (κ3) is 8.19. The Morgan fingerprint density at radius 3 is 2.12 bits per heavy atom. The number of Topliss-reactive ketones (excluding diaryl/α,β-unsaturated/α-hetero) is 1. The predicted molar refractivity (Wildman–Crippen MR) is 150 cm³/mol. The van der Waals surface area contributed by atoms with E-state index in [1.807, 2.05) is 6.07 Å². The van der Waals surface area contributed by atoms with Crippen LogP contribution in [-0.4, -0.2) is 60.2 Å². The number of ether oxygens (including phenoxy) is 1. The van der Waals surface area contributed by atoms with Crippen molar-refractivity contribution in [1.29, 1.82) is 0 Å². The minimum absolute atomic E-state index is 0.0162. The Morgan fingerprint density at radius 1 is 0.860 bits per heavy atom. The van der Waals surface area contributed by atoms with Gasteiger partial charge in [-0.15, -0.1) is 0 Å². The van der Waals surface area contributed by atoms with Crippen molar-refractivity contribution in [2.24, 2.45) is 0 Å². The van der Waals surface area contributed by atoms with Gasteiger partial charge in [-0.1, -0.05) is 12.1 Å². The molecule has 230 valence electrons. The van der Waals surface area contributed by atoms with Crippen LogP contribution >= 0.6 is 0 Å². The monoisotopic (exact) mass is 606 g/mol. The first kappa shape index (κ1) is 30.7. The molecule has 5 rings (SSSR count). The van der Waals surface area contributed by atoms with Crippen LogP contribution in [0.5, 0.6) is 5.75 Å². The van der Waals surface area contributed by atoms with Gasteiger partial charge in [0.2, 0.25) is 0 Å². The standard InChI is InChI=1S/C31H32F6N4O2/c32-30(33,34)23-5-1-21(2-6-23)20-40-13-15-41(16-14-40)26-17-28(19-38-18-26)43-27-11-9-25(10-12-27)39-24-7-3-22(4-8-24)29(42)31(35,36)37/h1-8,17-19,25,27,39H,9-16,20H2. The van der Waals surface area contributed by atoms with Gasteiger partial charge >= 0.3 is 12.4 Å². The maximum Gasteiger partial charge on any atom is 0.454 e. The topological polar surface area (TPSA) is 57.7 Å². The largest absolute Gasteiger partial charge is 0.489 e. The summed E-state index contributed by atoms with van der Waals surface area (Å²) in [4.78, 5) is 20.2. The predicted octanol–water partition coefficient (Wildman–Crippen LogP) is 6.97.